The van der Waals surface area contributed by atoms with E-state index in [9.17, 15) is 4.79 Å². The van der Waals surface area contributed by atoms with Gasteiger partial charge in [0.25, 0.3) is 0 Å². The minimum atomic E-state index is 0.0851. The van der Waals surface area contributed by atoms with Crippen LogP contribution >= 0.6 is 11.6 Å². The first-order chi connectivity index (χ1) is 7.92. The molecule has 2 N–H and O–H groups in total. The summed E-state index contributed by atoms with van der Waals surface area (Å²) < 4.78 is 0. The van der Waals surface area contributed by atoms with Gasteiger partial charge >= 0.3 is 0 Å². The number of nitrogen functional groups attached to an aromatic ring is 1. The van der Waals surface area contributed by atoms with Crippen LogP contribution in [0.25, 0.3) is 0 Å². The molecule has 3 heteroatoms. The Hall–Kier alpha value is -1.02. The van der Waals surface area contributed by atoms with E-state index in [1.807, 2.05) is 0 Å². The largest absolute Gasteiger partial charge is 0.399 e. The fourth-order valence-electron chi connectivity index (χ4n) is 2.73. The fourth-order valence-corrected chi connectivity index (χ4v) is 3.01. The van der Waals surface area contributed by atoms with Crippen LogP contribution in [0.1, 0.15) is 43.5 Å². The molecule has 0 aliphatic heterocycles. The molecule has 0 aromatic heterocycles. The Kier molecular flexibility index (Phi) is 3.17. The first-order valence-electron chi connectivity index (χ1n) is 6.01. The lowest BCUT2D eigenvalue weighted by Crippen LogP contribution is -2.26. The third-order valence-electron chi connectivity index (χ3n) is 3.83. The summed E-state index contributed by atoms with van der Waals surface area (Å²) in [5.74, 6) is 0.251. The van der Waals surface area contributed by atoms with Gasteiger partial charge in [-0.3, -0.25) is 4.79 Å². The summed E-state index contributed by atoms with van der Waals surface area (Å²) in [5.41, 5.74) is 6.93. The molecule has 1 saturated carbocycles. The van der Waals surface area contributed by atoms with Crippen molar-refractivity contribution in [3.05, 3.63) is 28.8 Å². The van der Waals surface area contributed by atoms with Crippen LogP contribution in [-0.2, 0) is 0 Å². The average molecular weight is 252 g/mol. The molecule has 0 radical (unpaired) electrons. The van der Waals surface area contributed by atoms with Gasteiger partial charge in [-0.1, -0.05) is 31.9 Å². The highest BCUT2D eigenvalue weighted by Gasteiger charge is 2.39. The van der Waals surface area contributed by atoms with Gasteiger partial charge in [-0.25, -0.2) is 0 Å². The van der Waals surface area contributed by atoms with Crippen molar-refractivity contribution in [3.63, 3.8) is 0 Å². The second-order valence-electron chi connectivity index (χ2n) is 5.54. The number of anilines is 1. The first-order valence-corrected chi connectivity index (χ1v) is 6.39. The Morgan fingerprint density at radius 2 is 2.18 bits per heavy atom. The van der Waals surface area contributed by atoms with Gasteiger partial charge in [-0.2, -0.15) is 0 Å². The van der Waals surface area contributed by atoms with E-state index in [0.29, 0.717) is 16.3 Å². The van der Waals surface area contributed by atoms with Crippen molar-refractivity contribution in [3.8, 4) is 0 Å². The summed E-state index contributed by atoms with van der Waals surface area (Å²) in [4.78, 5) is 12.5. The SMILES string of the molecule is CC1(C)CCCC1C(=O)c1ccc(N)cc1Cl. The number of rotatable bonds is 2. The summed E-state index contributed by atoms with van der Waals surface area (Å²) >= 11 is 6.10. The van der Waals surface area contributed by atoms with E-state index in [-0.39, 0.29) is 17.1 Å². The molecular weight excluding hydrogens is 234 g/mol. The van der Waals surface area contributed by atoms with Gasteiger partial charge in [0, 0.05) is 17.2 Å². The van der Waals surface area contributed by atoms with Gasteiger partial charge in [0.1, 0.15) is 0 Å². The zero-order valence-corrected chi connectivity index (χ0v) is 11.1. The van der Waals surface area contributed by atoms with Crippen LogP contribution in [0.5, 0.6) is 0 Å². The molecule has 2 nitrogen and oxygen atoms in total. The highest BCUT2D eigenvalue weighted by atomic mass is 35.5. The van der Waals surface area contributed by atoms with Crippen molar-refractivity contribution in [2.45, 2.75) is 33.1 Å². The average Bonchev–Trinajstić information content (AvgIpc) is 2.57. The number of halogens is 1. The van der Waals surface area contributed by atoms with Crippen LogP contribution in [0.4, 0.5) is 5.69 Å². The maximum Gasteiger partial charge on any atom is 0.167 e. The number of Topliss-reactive ketones (excluding diaryl/α,β-unsaturated/α-hetero) is 1. The minimum Gasteiger partial charge on any atom is -0.399 e. The predicted molar refractivity (Wildman–Crippen MR) is 71.3 cm³/mol. The zero-order valence-electron chi connectivity index (χ0n) is 10.3. The minimum absolute atomic E-state index is 0.0851. The highest BCUT2D eigenvalue weighted by molar-refractivity contribution is 6.34. The summed E-state index contributed by atoms with van der Waals surface area (Å²) in [5, 5.41) is 0.470. The zero-order chi connectivity index (χ0) is 12.6. The lowest BCUT2D eigenvalue weighted by Gasteiger charge is -2.26. The Labute approximate surface area is 107 Å². The van der Waals surface area contributed by atoms with Gasteiger partial charge in [-0.05, 0) is 36.5 Å². The van der Waals surface area contributed by atoms with Gasteiger partial charge in [0.05, 0.1) is 5.02 Å². The van der Waals surface area contributed by atoms with Crippen LogP contribution in [0.2, 0.25) is 5.02 Å². The Morgan fingerprint density at radius 3 is 2.71 bits per heavy atom. The number of benzene rings is 1. The van der Waals surface area contributed by atoms with E-state index < -0.39 is 0 Å². The molecule has 0 spiro atoms. The van der Waals surface area contributed by atoms with E-state index in [0.717, 1.165) is 19.3 Å². The number of hydrogen-bond acceptors (Lipinski definition) is 2. The quantitative estimate of drug-likeness (QED) is 0.639. The van der Waals surface area contributed by atoms with Crippen LogP contribution in [-0.4, -0.2) is 5.78 Å². The van der Waals surface area contributed by atoms with E-state index in [2.05, 4.69) is 13.8 Å². The van der Waals surface area contributed by atoms with Gasteiger partial charge in [-0.15, -0.1) is 0 Å². The number of carbonyl (C=O) groups is 1. The molecular formula is C14H18ClNO. The van der Waals surface area contributed by atoms with Crippen molar-refractivity contribution >= 4 is 23.1 Å². The number of ketones is 1. The maximum atomic E-state index is 12.5. The molecule has 0 amide bonds. The lowest BCUT2D eigenvalue weighted by molar-refractivity contribution is 0.0839. The first kappa shape index (κ1) is 12.4. The molecule has 17 heavy (non-hydrogen) atoms. The number of hydrogen-bond donors (Lipinski definition) is 1. The van der Waals surface area contributed by atoms with Crippen molar-refractivity contribution in [2.75, 3.05) is 5.73 Å². The summed E-state index contributed by atoms with van der Waals surface area (Å²) in [7, 11) is 0. The normalized spacial score (nSPS) is 22.6. The van der Waals surface area contributed by atoms with Crippen molar-refractivity contribution in [1.29, 1.82) is 0 Å². The Balaban J connectivity index is 2.31. The number of nitrogens with two attached hydrogens (primary N) is 1. The molecule has 1 aliphatic carbocycles. The molecule has 1 aromatic carbocycles. The smallest absolute Gasteiger partial charge is 0.167 e. The third kappa shape index (κ3) is 2.32. The monoisotopic (exact) mass is 251 g/mol. The Morgan fingerprint density at radius 1 is 1.47 bits per heavy atom. The molecule has 1 fully saturated rings. The fraction of sp³-hybridized carbons (Fsp3) is 0.500. The number of carbonyl (C=O) groups excluding carboxylic acids is 1. The van der Waals surface area contributed by atoms with Gasteiger partial charge < -0.3 is 5.73 Å². The summed E-state index contributed by atoms with van der Waals surface area (Å²) in [6.07, 6.45) is 3.19. The molecule has 2 rings (SSSR count). The summed E-state index contributed by atoms with van der Waals surface area (Å²) in [6.45, 7) is 4.32. The van der Waals surface area contributed by atoms with Gasteiger partial charge in [0.15, 0.2) is 5.78 Å². The van der Waals surface area contributed by atoms with Gasteiger partial charge in [0.2, 0.25) is 0 Å². The van der Waals surface area contributed by atoms with Crippen molar-refractivity contribution in [1.82, 2.24) is 0 Å². The molecule has 1 unspecified atom stereocenters. The molecule has 0 heterocycles. The Bertz CT molecular complexity index is 454. The second-order valence-corrected chi connectivity index (χ2v) is 5.94. The molecule has 1 aliphatic rings. The topological polar surface area (TPSA) is 43.1 Å². The summed E-state index contributed by atoms with van der Waals surface area (Å²) in [6, 6.07) is 5.13. The van der Waals surface area contributed by atoms with E-state index >= 15 is 0 Å². The standard InChI is InChI=1S/C14H18ClNO/c1-14(2)7-3-4-11(14)13(17)10-6-5-9(16)8-12(10)15/h5-6,8,11H,3-4,7,16H2,1-2H3. The van der Waals surface area contributed by atoms with Crippen molar-refractivity contribution in [2.24, 2.45) is 11.3 Å². The van der Waals surface area contributed by atoms with E-state index in [4.69, 9.17) is 17.3 Å². The van der Waals surface area contributed by atoms with Crippen LogP contribution in [0, 0.1) is 11.3 Å². The van der Waals surface area contributed by atoms with Crippen LogP contribution in [0.15, 0.2) is 18.2 Å². The molecule has 92 valence electrons. The molecule has 1 aromatic rings. The second kappa shape index (κ2) is 4.34. The molecule has 0 saturated heterocycles. The van der Waals surface area contributed by atoms with Crippen LogP contribution < -0.4 is 5.73 Å². The van der Waals surface area contributed by atoms with Crippen molar-refractivity contribution < 1.29 is 4.79 Å². The highest BCUT2D eigenvalue weighted by Crippen LogP contribution is 2.44. The predicted octanol–water partition coefficient (Wildman–Crippen LogP) is 3.93. The van der Waals surface area contributed by atoms with Crippen LogP contribution in [0.3, 0.4) is 0 Å². The maximum absolute atomic E-state index is 12.5. The van der Waals surface area contributed by atoms with E-state index in [1.165, 1.54) is 0 Å². The lowest BCUT2D eigenvalue weighted by atomic mass is 9.78. The molecule has 1 atom stereocenters. The third-order valence-corrected chi connectivity index (χ3v) is 4.15. The molecule has 0 bridgehead atoms. The van der Waals surface area contributed by atoms with E-state index in [1.54, 1.807) is 18.2 Å².